The molecule has 0 aliphatic heterocycles. The molecule has 5 heteroatoms. The number of hydrogen-bond acceptors (Lipinski definition) is 4. The van der Waals surface area contributed by atoms with Gasteiger partial charge >= 0.3 is 0 Å². The molecule has 3 nitrogen and oxygen atoms in total. The summed E-state index contributed by atoms with van der Waals surface area (Å²) < 4.78 is 0.783. The molecule has 0 amide bonds. The Bertz CT molecular complexity index is 324. The Morgan fingerprint density at radius 2 is 2.18 bits per heavy atom. The zero-order valence-electron chi connectivity index (χ0n) is 10.4. The van der Waals surface area contributed by atoms with E-state index in [1.165, 1.54) is 4.88 Å². The molecule has 17 heavy (non-hydrogen) atoms. The second-order valence-corrected chi connectivity index (χ2v) is 5.95. The van der Waals surface area contributed by atoms with Crippen LogP contribution in [0, 0.1) is 0 Å². The van der Waals surface area contributed by atoms with Crippen molar-refractivity contribution in [2.75, 3.05) is 19.7 Å². The lowest BCUT2D eigenvalue weighted by Crippen LogP contribution is -2.41. The van der Waals surface area contributed by atoms with E-state index in [2.05, 4.69) is 11.8 Å². The van der Waals surface area contributed by atoms with E-state index in [0.29, 0.717) is 6.54 Å². The summed E-state index contributed by atoms with van der Waals surface area (Å²) in [4.78, 5) is 3.40. The zero-order valence-corrected chi connectivity index (χ0v) is 12.0. The number of thiophene rings is 1. The third kappa shape index (κ3) is 4.23. The lowest BCUT2D eigenvalue weighted by atomic mass is 10.1. The fourth-order valence-electron chi connectivity index (χ4n) is 2.06. The largest absolute Gasteiger partial charge is 0.395 e. The maximum absolute atomic E-state index is 9.14. The number of aliphatic hydroxyl groups excluding tert-OH is 1. The average molecular weight is 277 g/mol. The Morgan fingerprint density at radius 1 is 1.47 bits per heavy atom. The van der Waals surface area contributed by atoms with E-state index >= 15 is 0 Å². The highest BCUT2D eigenvalue weighted by Crippen LogP contribution is 2.32. The van der Waals surface area contributed by atoms with E-state index in [0.717, 1.165) is 17.3 Å². The molecule has 1 heterocycles. The molecular formula is C12H21ClN2OS. The number of halogens is 1. The summed E-state index contributed by atoms with van der Waals surface area (Å²) in [5, 5.41) is 9.14. The molecule has 2 atom stereocenters. The van der Waals surface area contributed by atoms with Crippen LogP contribution in [0.5, 0.6) is 0 Å². The molecule has 0 spiro atoms. The van der Waals surface area contributed by atoms with Gasteiger partial charge in [-0.05, 0) is 32.0 Å². The van der Waals surface area contributed by atoms with Gasteiger partial charge in [-0.1, -0.05) is 18.5 Å². The van der Waals surface area contributed by atoms with Gasteiger partial charge in [-0.3, -0.25) is 4.90 Å². The normalized spacial score (nSPS) is 15.2. The summed E-state index contributed by atoms with van der Waals surface area (Å²) in [5.41, 5.74) is 6.08. The molecule has 2 unspecified atom stereocenters. The monoisotopic (exact) mass is 276 g/mol. The molecule has 1 aromatic heterocycles. The molecule has 0 bridgehead atoms. The summed E-state index contributed by atoms with van der Waals surface area (Å²) in [6.07, 6.45) is 1.04. The van der Waals surface area contributed by atoms with Crippen LogP contribution in [0.3, 0.4) is 0 Å². The fraction of sp³-hybridized carbons (Fsp3) is 0.667. The van der Waals surface area contributed by atoms with Gasteiger partial charge in [-0.15, -0.1) is 11.3 Å². The predicted molar refractivity (Wildman–Crippen MR) is 74.7 cm³/mol. The van der Waals surface area contributed by atoms with Crippen LogP contribution in [0.15, 0.2) is 12.1 Å². The van der Waals surface area contributed by atoms with Crippen LogP contribution in [0.1, 0.15) is 31.2 Å². The molecular weight excluding hydrogens is 256 g/mol. The van der Waals surface area contributed by atoms with Crippen molar-refractivity contribution in [3.05, 3.63) is 21.3 Å². The van der Waals surface area contributed by atoms with Gasteiger partial charge in [0.2, 0.25) is 0 Å². The predicted octanol–water partition coefficient (Wildman–Crippen LogP) is 2.49. The van der Waals surface area contributed by atoms with Crippen molar-refractivity contribution < 1.29 is 5.11 Å². The summed E-state index contributed by atoms with van der Waals surface area (Å²) in [6, 6.07) is 4.09. The van der Waals surface area contributed by atoms with Crippen molar-refractivity contribution in [2.24, 2.45) is 5.73 Å². The van der Waals surface area contributed by atoms with E-state index in [1.807, 2.05) is 19.1 Å². The highest BCUT2D eigenvalue weighted by Gasteiger charge is 2.24. The van der Waals surface area contributed by atoms with Crippen LogP contribution in [-0.4, -0.2) is 35.7 Å². The Labute approximate surface area is 112 Å². The Kier molecular flexibility index (Phi) is 6.44. The maximum Gasteiger partial charge on any atom is 0.0931 e. The molecule has 1 rings (SSSR count). The first-order valence-electron chi connectivity index (χ1n) is 5.95. The molecule has 0 saturated carbocycles. The number of nitrogens with two attached hydrogens (primary N) is 1. The molecule has 0 fully saturated rings. The topological polar surface area (TPSA) is 49.5 Å². The minimum absolute atomic E-state index is 0.0165. The van der Waals surface area contributed by atoms with Crippen molar-refractivity contribution in [3.8, 4) is 0 Å². The minimum atomic E-state index is 0.0165. The van der Waals surface area contributed by atoms with E-state index < -0.39 is 0 Å². The first-order valence-corrected chi connectivity index (χ1v) is 7.15. The highest BCUT2D eigenvalue weighted by atomic mass is 35.5. The molecule has 3 N–H and O–H groups in total. The lowest BCUT2D eigenvalue weighted by molar-refractivity contribution is 0.139. The molecule has 0 radical (unpaired) electrons. The van der Waals surface area contributed by atoms with Gasteiger partial charge in [-0.25, -0.2) is 0 Å². The van der Waals surface area contributed by atoms with Crippen LogP contribution in [0.25, 0.3) is 0 Å². The van der Waals surface area contributed by atoms with Gasteiger partial charge in [0.05, 0.1) is 17.0 Å². The molecule has 0 aliphatic carbocycles. The van der Waals surface area contributed by atoms with Crippen molar-refractivity contribution >= 4 is 22.9 Å². The van der Waals surface area contributed by atoms with E-state index in [-0.39, 0.29) is 18.7 Å². The standard InChI is InChI=1S/C12H21ClN2OS/c1-3-6-15(7-8-16)12(9(2)14)10-4-5-11(13)17-10/h4-5,9,12,16H,3,6-8,14H2,1-2H3. The Balaban J connectivity index is 2.89. The van der Waals surface area contributed by atoms with Gasteiger partial charge in [0.15, 0.2) is 0 Å². The molecule has 1 aromatic rings. The summed E-state index contributed by atoms with van der Waals surface area (Å²) >= 11 is 7.54. The van der Waals surface area contributed by atoms with Crippen LogP contribution in [0.4, 0.5) is 0 Å². The quantitative estimate of drug-likeness (QED) is 0.804. The van der Waals surface area contributed by atoms with Crippen molar-refractivity contribution in [1.29, 1.82) is 0 Å². The number of nitrogens with zero attached hydrogens (tertiary/aromatic N) is 1. The van der Waals surface area contributed by atoms with Crippen molar-refractivity contribution in [3.63, 3.8) is 0 Å². The van der Waals surface area contributed by atoms with Gasteiger partial charge in [0, 0.05) is 17.5 Å². The molecule has 0 aromatic carbocycles. The van der Waals surface area contributed by atoms with Gasteiger partial charge in [-0.2, -0.15) is 0 Å². The highest BCUT2D eigenvalue weighted by molar-refractivity contribution is 7.16. The molecule has 98 valence electrons. The van der Waals surface area contributed by atoms with Crippen molar-refractivity contribution in [1.82, 2.24) is 4.90 Å². The summed E-state index contributed by atoms with van der Waals surface area (Å²) in [7, 11) is 0. The molecule has 0 aliphatic rings. The van der Waals surface area contributed by atoms with Crippen LogP contribution >= 0.6 is 22.9 Å². The van der Waals surface area contributed by atoms with E-state index in [4.69, 9.17) is 22.4 Å². The second-order valence-electron chi connectivity index (χ2n) is 4.21. The van der Waals surface area contributed by atoms with E-state index in [1.54, 1.807) is 11.3 Å². The van der Waals surface area contributed by atoms with Crippen LogP contribution < -0.4 is 5.73 Å². The average Bonchev–Trinajstić information content (AvgIpc) is 2.65. The first kappa shape index (κ1) is 14.9. The summed E-state index contributed by atoms with van der Waals surface area (Å²) in [6.45, 7) is 5.86. The Morgan fingerprint density at radius 3 is 2.59 bits per heavy atom. The second kappa shape index (κ2) is 7.34. The lowest BCUT2D eigenvalue weighted by Gasteiger charge is -2.33. The van der Waals surface area contributed by atoms with E-state index in [9.17, 15) is 0 Å². The van der Waals surface area contributed by atoms with Crippen molar-refractivity contribution in [2.45, 2.75) is 32.4 Å². The summed E-state index contributed by atoms with van der Waals surface area (Å²) in [5.74, 6) is 0. The number of rotatable bonds is 7. The maximum atomic E-state index is 9.14. The fourth-order valence-corrected chi connectivity index (χ4v) is 3.38. The van der Waals surface area contributed by atoms with Gasteiger partial charge in [0.25, 0.3) is 0 Å². The third-order valence-electron chi connectivity index (χ3n) is 2.67. The Hall–Kier alpha value is -0.130. The smallest absolute Gasteiger partial charge is 0.0931 e. The SMILES string of the molecule is CCCN(CCO)C(c1ccc(Cl)s1)C(C)N. The minimum Gasteiger partial charge on any atom is -0.395 e. The third-order valence-corrected chi connectivity index (χ3v) is 3.98. The number of aliphatic hydroxyl groups is 1. The number of hydrogen-bond donors (Lipinski definition) is 2. The van der Waals surface area contributed by atoms with Gasteiger partial charge < -0.3 is 10.8 Å². The zero-order chi connectivity index (χ0) is 12.8. The first-order chi connectivity index (χ1) is 8.10. The van der Waals surface area contributed by atoms with Crippen LogP contribution in [-0.2, 0) is 0 Å². The molecule has 0 saturated heterocycles. The van der Waals surface area contributed by atoms with Gasteiger partial charge in [0.1, 0.15) is 0 Å². The van der Waals surface area contributed by atoms with Crippen LogP contribution in [0.2, 0.25) is 4.34 Å².